The zero-order valence-corrected chi connectivity index (χ0v) is 12.9. The van der Waals surface area contributed by atoms with Crippen molar-refractivity contribution >= 4 is 23.3 Å². The van der Waals surface area contributed by atoms with E-state index in [1.54, 1.807) is 18.2 Å². The molecule has 0 heterocycles. The van der Waals surface area contributed by atoms with E-state index >= 15 is 0 Å². The minimum Gasteiger partial charge on any atom is -0.491 e. The fourth-order valence-corrected chi connectivity index (χ4v) is 1.99. The fourth-order valence-electron chi connectivity index (χ4n) is 1.87. The molecule has 2 amide bonds. The number of urea groups is 1. The van der Waals surface area contributed by atoms with Gasteiger partial charge < -0.3 is 20.5 Å². The highest BCUT2D eigenvalue weighted by Crippen LogP contribution is 2.19. The van der Waals surface area contributed by atoms with Crippen LogP contribution in [0.2, 0.25) is 5.02 Å². The molecule has 2 aromatic carbocycles. The van der Waals surface area contributed by atoms with Crippen LogP contribution in [0, 0.1) is 5.82 Å². The number of amides is 2. The molecule has 0 radical (unpaired) electrons. The average molecular weight is 339 g/mol. The quantitative estimate of drug-likeness (QED) is 0.757. The summed E-state index contributed by atoms with van der Waals surface area (Å²) in [4.78, 5) is 11.8. The van der Waals surface area contributed by atoms with Crippen LogP contribution in [0.1, 0.15) is 5.56 Å². The Hall–Kier alpha value is -2.31. The Morgan fingerprint density at radius 1 is 1.26 bits per heavy atom. The molecule has 0 atom stereocenters. The monoisotopic (exact) mass is 338 g/mol. The van der Waals surface area contributed by atoms with Crippen molar-refractivity contribution in [1.29, 1.82) is 0 Å². The highest BCUT2D eigenvalue weighted by Gasteiger charge is 2.07. The van der Waals surface area contributed by atoms with E-state index < -0.39 is 11.8 Å². The number of carbonyl (C=O) groups is 1. The first kappa shape index (κ1) is 17.1. The van der Waals surface area contributed by atoms with E-state index in [0.29, 0.717) is 11.4 Å². The molecule has 3 N–H and O–H groups in total. The van der Waals surface area contributed by atoms with Crippen molar-refractivity contribution < 1.29 is 19.0 Å². The van der Waals surface area contributed by atoms with Crippen LogP contribution in [-0.2, 0) is 6.54 Å². The Kier molecular flexibility index (Phi) is 6.19. The molecule has 0 aliphatic rings. The van der Waals surface area contributed by atoms with Gasteiger partial charge in [-0.15, -0.1) is 0 Å². The largest absolute Gasteiger partial charge is 0.491 e. The number of hydrogen-bond donors (Lipinski definition) is 3. The van der Waals surface area contributed by atoms with Crippen LogP contribution in [0.3, 0.4) is 0 Å². The lowest BCUT2D eigenvalue weighted by Gasteiger charge is -2.12. The summed E-state index contributed by atoms with van der Waals surface area (Å²) in [5, 5.41) is 14.0. The number of para-hydroxylation sites is 1. The van der Waals surface area contributed by atoms with Gasteiger partial charge in [0.05, 0.1) is 11.6 Å². The van der Waals surface area contributed by atoms with E-state index in [1.165, 1.54) is 12.1 Å². The predicted octanol–water partition coefficient (Wildman–Crippen LogP) is 3.17. The SMILES string of the molecule is O=C(NCc1ccccc1OCCO)Nc1ccc(Cl)c(F)c1. The number of hydrogen-bond acceptors (Lipinski definition) is 3. The van der Waals surface area contributed by atoms with Crippen LogP contribution in [0.25, 0.3) is 0 Å². The fraction of sp³-hybridized carbons (Fsp3) is 0.188. The standard InChI is InChI=1S/C16H16ClFN2O3/c17-13-6-5-12(9-14(13)18)20-16(22)19-10-11-3-1-2-4-15(11)23-8-7-21/h1-6,9,21H,7-8,10H2,(H2,19,20,22). The maximum atomic E-state index is 13.3. The maximum Gasteiger partial charge on any atom is 0.319 e. The Morgan fingerprint density at radius 2 is 2.04 bits per heavy atom. The summed E-state index contributed by atoms with van der Waals surface area (Å²) in [6, 6.07) is 10.7. The Bertz CT molecular complexity index is 682. The third kappa shape index (κ3) is 5.12. The van der Waals surface area contributed by atoms with E-state index in [1.807, 2.05) is 6.07 Å². The van der Waals surface area contributed by atoms with Crippen molar-refractivity contribution in [2.45, 2.75) is 6.54 Å². The van der Waals surface area contributed by atoms with Crippen LogP contribution in [-0.4, -0.2) is 24.4 Å². The Morgan fingerprint density at radius 3 is 2.78 bits per heavy atom. The Balaban J connectivity index is 1.92. The van der Waals surface area contributed by atoms with Gasteiger partial charge in [-0.3, -0.25) is 0 Å². The molecular formula is C16H16ClFN2O3. The first-order chi connectivity index (χ1) is 11.1. The lowest BCUT2D eigenvalue weighted by Crippen LogP contribution is -2.28. The molecule has 0 aromatic heterocycles. The molecular weight excluding hydrogens is 323 g/mol. The molecule has 0 aliphatic heterocycles. The highest BCUT2D eigenvalue weighted by molar-refractivity contribution is 6.30. The second kappa shape index (κ2) is 8.36. The van der Waals surface area contributed by atoms with Gasteiger partial charge in [-0.05, 0) is 24.3 Å². The summed E-state index contributed by atoms with van der Waals surface area (Å²) < 4.78 is 18.7. The molecule has 0 aliphatic carbocycles. The van der Waals surface area contributed by atoms with Crippen molar-refractivity contribution in [2.75, 3.05) is 18.5 Å². The van der Waals surface area contributed by atoms with Gasteiger partial charge in [-0.1, -0.05) is 29.8 Å². The second-order valence-corrected chi connectivity index (χ2v) is 5.02. The van der Waals surface area contributed by atoms with Crippen LogP contribution < -0.4 is 15.4 Å². The number of carbonyl (C=O) groups excluding carboxylic acids is 1. The number of rotatable bonds is 6. The van der Waals surface area contributed by atoms with Crippen molar-refractivity contribution in [2.24, 2.45) is 0 Å². The number of ether oxygens (including phenoxy) is 1. The number of aliphatic hydroxyl groups is 1. The number of anilines is 1. The summed E-state index contributed by atoms with van der Waals surface area (Å²) in [7, 11) is 0. The van der Waals surface area contributed by atoms with E-state index in [9.17, 15) is 9.18 Å². The third-order valence-electron chi connectivity index (χ3n) is 2.94. The van der Waals surface area contributed by atoms with E-state index in [4.69, 9.17) is 21.4 Å². The lowest BCUT2D eigenvalue weighted by atomic mass is 10.2. The van der Waals surface area contributed by atoms with Crippen molar-refractivity contribution in [1.82, 2.24) is 5.32 Å². The van der Waals surface area contributed by atoms with Crippen LogP contribution in [0.4, 0.5) is 14.9 Å². The van der Waals surface area contributed by atoms with E-state index in [0.717, 1.165) is 11.6 Å². The first-order valence-electron chi connectivity index (χ1n) is 6.91. The summed E-state index contributed by atoms with van der Waals surface area (Å²) in [5.74, 6) is -0.0217. The van der Waals surface area contributed by atoms with Crippen molar-refractivity contribution in [3.8, 4) is 5.75 Å². The zero-order valence-electron chi connectivity index (χ0n) is 12.2. The minimum atomic E-state index is -0.604. The molecule has 0 bridgehead atoms. The molecule has 2 aromatic rings. The van der Waals surface area contributed by atoms with Gasteiger partial charge in [0.25, 0.3) is 0 Å². The molecule has 5 nitrogen and oxygen atoms in total. The lowest BCUT2D eigenvalue weighted by molar-refractivity contribution is 0.200. The van der Waals surface area contributed by atoms with Crippen molar-refractivity contribution in [3.63, 3.8) is 0 Å². The third-order valence-corrected chi connectivity index (χ3v) is 3.24. The van der Waals surface area contributed by atoms with Crippen LogP contribution in [0.5, 0.6) is 5.75 Å². The molecule has 0 fully saturated rings. The van der Waals surface area contributed by atoms with Crippen molar-refractivity contribution in [3.05, 3.63) is 58.9 Å². The molecule has 23 heavy (non-hydrogen) atoms. The van der Waals surface area contributed by atoms with Crippen LogP contribution >= 0.6 is 11.6 Å². The normalized spacial score (nSPS) is 10.2. The minimum absolute atomic E-state index is 0.00841. The molecule has 0 unspecified atom stereocenters. The van der Waals surface area contributed by atoms with E-state index in [2.05, 4.69) is 10.6 Å². The number of aliphatic hydroxyl groups excluding tert-OH is 1. The molecule has 122 valence electrons. The summed E-state index contributed by atoms with van der Waals surface area (Å²) in [5.41, 5.74) is 1.06. The Labute approximate surface area is 138 Å². The molecule has 0 spiro atoms. The number of benzene rings is 2. The van der Waals surface area contributed by atoms with Gasteiger partial charge in [0.2, 0.25) is 0 Å². The summed E-state index contributed by atoms with van der Waals surface area (Å²) in [6.45, 7) is 0.307. The average Bonchev–Trinajstić information content (AvgIpc) is 2.55. The smallest absolute Gasteiger partial charge is 0.319 e. The topological polar surface area (TPSA) is 70.6 Å². The molecule has 7 heteroatoms. The van der Waals surface area contributed by atoms with Crippen LogP contribution in [0.15, 0.2) is 42.5 Å². The molecule has 2 rings (SSSR count). The van der Waals surface area contributed by atoms with Gasteiger partial charge in [0.15, 0.2) is 0 Å². The number of halogens is 2. The van der Waals surface area contributed by atoms with Gasteiger partial charge in [-0.2, -0.15) is 0 Å². The highest BCUT2D eigenvalue weighted by atomic mass is 35.5. The zero-order chi connectivity index (χ0) is 16.7. The first-order valence-corrected chi connectivity index (χ1v) is 7.29. The van der Waals surface area contributed by atoms with Gasteiger partial charge in [0.1, 0.15) is 18.2 Å². The molecule has 0 saturated heterocycles. The van der Waals surface area contributed by atoms with Gasteiger partial charge in [0, 0.05) is 17.8 Å². The maximum absolute atomic E-state index is 13.3. The van der Waals surface area contributed by atoms with Gasteiger partial charge >= 0.3 is 6.03 Å². The van der Waals surface area contributed by atoms with Gasteiger partial charge in [-0.25, -0.2) is 9.18 Å². The summed E-state index contributed by atoms with van der Waals surface area (Å²) in [6.07, 6.45) is 0. The predicted molar refractivity (Wildman–Crippen MR) is 86.3 cm³/mol. The number of nitrogens with one attached hydrogen (secondary N) is 2. The summed E-state index contributed by atoms with van der Waals surface area (Å²) >= 11 is 5.58. The van der Waals surface area contributed by atoms with E-state index in [-0.39, 0.29) is 24.8 Å². The second-order valence-electron chi connectivity index (χ2n) is 4.62. The molecule has 0 saturated carbocycles.